The summed E-state index contributed by atoms with van der Waals surface area (Å²) in [6, 6.07) is 6.05. The quantitative estimate of drug-likeness (QED) is 0.289. The minimum atomic E-state index is 0. The number of ether oxygens (including phenoxy) is 2. The SMILES string of the molecule is CCNC(=NCCCc1ccc(OC)c(OC)c1)NC(C)(C)C.I. The molecule has 5 nitrogen and oxygen atoms in total. The summed E-state index contributed by atoms with van der Waals surface area (Å²) < 4.78 is 10.6. The van der Waals surface area contributed by atoms with E-state index in [2.05, 4.69) is 49.4 Å². The van der Waals surface area contributed by atoms with E-state index in [1.165, 1.54) is 5.56 Å². The second-order valence-electron chi connectivity index (χ2n) is 6.43. The van der Waals surface area contributed by atoms with Crippen molar-refractivity contribution < 1.29 is 9.47 Å². The van der Waals surface area contributed by atoms with E-state index in [9.17, 15) is 0 Å². The second kappa shape index (κ2) is 11.4. The molecule has 1 rings (SSSR count). The van der Waals surface area contributed by atoms with E-state index in [1.807, 2.05) is 12.1 Å². The number of halogens is 1. The maximum atomic E-state index is 5.34. The summed E-state index contributed by atoms with van der Waals surface area (Å²) in [5.74, 6) is 2.40. The summed E-state index contributed by atoms with van der Waals surface area (Å²) >= 11 is 0. The van der Waals surface area contributed by atoms with Gasteiger partial charge in [0.15, 0.2) is 17.5 Å². The lowest BCUT2D eigenvalue weighted by Crippen LogP contribution is -2.47. The zero-order valence-electron chi connectivity index (χ0n) is 15.7. The summed E-state index contributed by atoms with van der Waals surface area (Å²) in [4.78, 5) is 4.63. The van der Waals surface area contributed by atoms with Crippen molar-refractivity contribution in [1.29, 1.82) is 0 Å². The number of hydrogen-bond acceptors (Lipinski definition) is 3. The average molecular weight is 449 g/mol. The average Bonchev–Trinajstić information content (AvgIpc) is 2.50. The van der Waals surface area contributed by atoms with Crippen molar-refractivity contribution in [3.8, 4) is 11.5 Å². The Kier molecular flexibility index (Phi) is 10.8. The normalized spacial score (nSPS) is 11.5. The molecule has 0 saturated carbocycles. The zero-order valence-corrected chi connectivity index (χ0v) is 18.1. The molecule has 1 aromatic rings. The van der Waals surface area contributed by atoms with Gasteiger partial charge in [-0.3, -0.25) is 4.99 Å². The Morgan fingerprint density at radius 1 is 1.12 bits per heavy atom. The molecule has 0 aliphatic carbocycles. The molecule has 138 valence electrons. The van der Waals surface area contributed by atoms with Crippen molar-refractivity contribution in [2.45, 2.75) is 46.1 Å². The number of aryl methyl sites for hydroxylation is 1. The third kappa shape index (κ3) is 8.61. The molecule has 0 fully saturated rings. The van der Waals surface area contributed by atoms with Crippen molar-refractivity contribution in [3.05, 3.63) is 23.8 Å². The summed E-state index contributed by atoms with van der Waals surface area (Å²) in [5.41, 5.74) is 1.23. The molecule has 0 spiro atoms. The number of nitrogens with one attached hydrogen (secondary N) is 2. The zero-order chi connectivity index (χ0) is 17.3. The summed E-state index contributed by atoms with van der Waals surface area (Å²) in [7, 11) is 3.31. The molecule has 0 aliphatic heterocycles. The maximum absolute atomic E-state index is 5.34. The second-order valence-corrected chi connectivity index (χ2v) is 6.43. The first-order valence-electron chi connectivity index (χ1n) is 8.17. The molecule has 0 atom stereocenters. The molecule has 0 aromatic heterocycles. The van der Waals surface area contributed by atoms with E-state index in [4.69, 9.17) is 9.47 Å². The van der Waals surface area contributed by atoms with Crippen molar-refractivity contribution in [3.63, 3.8) is 0 Å². The van der Waals surface area contributed by atoms with Gasteiger partial charge in [0.05, 0.1) is 14.2 Å². The molecule has 0 bridgehead atoms. The fourth-order valence-corrected chi connectivity index (χ4v) is 2.17. The Balaban J connectivity index is 0.00000529. The Bertz CT molecular complexity index is 513. The van der Waals surface area contributed by atoms with Crippen LogP contribution in [0.2, 0.25) is 0 Å². The van der Waals surface area contributed by atoms with Crippen LogP contribution >= 0.6 is 24.0 Å². The highest BCUT2D eigenvalue weighted by atomic mass is 127. The third-order valence-electron chi connectivity index (χ3n) is 3.18. The Morgan fingerprint density at radius 2 is 1.79 bits per heavy atom. The highest BCUT2D eigenvalue weighted by Gasteiger charge is 2.11. The molecule has 6 heteroatoms. The highest BCUT2D eigenvalue weighted by Crippen LogP contribution is 2.27. The smallest absolute Gasteiger partial charge is 0.191 e. The minimum absolute atomic E-state index is 0. The van der Waals surface area contributed by atoms with Gasteiger partial charge < -0.3 is 20.1 Å². The van der Waals surface area contributed by atoms with E-state index in [0.717, 1.165) is 43.4 Å². The van der Waals surface area contributed by atoms with Gasteiger partial charge in [-0.2, -0.15) is 0 Å². The van der Waals surface area contributed by atoms with Gasteiger partial charge in [0.2, 0.25) is 0 Å². The molecule has 1 aromatic carbocycles. The maximum Gasteiger partial charge on any atom is 0.191 e. The lowest BCUT2D eigenvalue weighted by Gasteiger charge is -2.23. The number of nitrogens with zero attached hydrogens (tertiary/aromatic N) is 1. The largest absolute Gasteiger partial charge is 0.493 e. The van der Waals surface area contributed by atoms with Crippen LogP contribution in [0, 0.1) is 0 Å². The molecular weight excluding hydrogens is 417 g/mol. The van der Waals surface area contributed by atoms with Crippen LogP contribution in [0.1, 0.15) is 39.7 Å². The monoisotopic (exact) mass is 449 g/mol. The number of guanidine groups is 1. The van der Waals surface area contributed by atoms with E-state index in [1.54, 1.807) is 14.2 Å². The molecule has 0 unspecified atom stereocenters. The fraction of sp³-hybridized carbons (Fsp3) is 0.611. The van der Waals surface area contributed by atoms with E-state index < -0.39 is 0 Å². The Hall–Kier alpha value is -1.18. The Labute approximate surface area is 163 Å². The lowest BCUT2D eigenvalue weighted by molar-refractivity contribution is 0.354. The van der Waals surface area contributed by atoms with Crippen molar-refractivity contribution in [1.82, 2.24) is 10.6 Å². The molecule has 0 saturated heterocycles. The van der Waals surface area contributed by atoms with Gasteiger partial charge >= 0.3 is 0 Å². The van der Waals surface area contributed by atoms with Crippen LogP contribution in [0.4, 0.5) is 0 Å². The van der Waals surface area contributed by atoms with Gasteiger partial charge in [-0.25, -0.2) is 0 Å². The summed E-state index contributed by atoms with van der Waals surface area (Å²) in [6.07, 6.45) is 1.94. The molecular formula is C18H32IN3O2. The fourth-order valence-electron chi connectivity index (χ4n) is 2.17. The van der Waals surface area contributed by atoms with Crippen LogP contribution in [0.5, 0.6) is 11.5 Å². The predicted molar refractivity (Wildman–Crippen MR) is 112 cm³/mol. The minimum Gasteiger partial charge on any atom is -0.493 e. The van der Waals surface area contributed by atoms with E-state index in [0.29, 0.717) is 0 Å². The lowest BCUT2D eigenvalue weighted by atomic mass is 10.1. The van der Waals surface area contributed by atoms with Crippen LogP contribution in [-0.4, -0.2) is 38.8 Å². The van der Waals surface area contributed by atoms with Gasteiger partial charge in [0.25, 0.3) is 0 Å². The molecule has 0 amide bonds. The van der Waals surface area contributed by atoms with Gasteiger partial charge in [-0.05, 0) is 58.2 Å². The number of rotatable bonds is 7. The highest BCUT2D eigenvalue weighted by molar-refractivity contribution is 14.0. The van der Waals surface area contributed by atoms with Gasteiger partial charge in [0, 0.05) is 18.6 Å². The molecule has 0 radical (unpaired) electrons. The number of aliphatic imine (C=N–C) groups is 1. The van der Waals surface area contributed by atoms with Crippen LogP contribution in [0.3, 0.4) is 0 Å². The van der Waals surface area contributed by atoms with Crippen LogP contribution in [0.25, 0.3) is 0 Å². The first-order chi connectivity index (χ1) is 10.9. The van der Waals surface area contributed by atoms with E-state index in [-0.39, 0.29) is 29.5 Å². The van der Waals surface area contributed by atoms with Gasteiger partial charge in [-0.15, -0.1) is 24.0 Å². The summed E-state index contributed by atoms with van der Waals surface area (Å²) in [5, 5.41) is 6.66. The first kappa shape index (κ1) is 22.8. The predicted octanol–water partition coefficient (Wildman–Crippen LogP) is 3.61. The molecule has 0 aliphatic rings. The van der Waals surface area contributed by atoms with E-state index >= 15 is 0 Å². The molecule has 2 N–H and O–H groups in total. The van der Waals surface area contributed by atoms with Crippen LogP contribution < -0.4 is 20.1 Å². The van der Waals surface area contributed by atoms with Gasteiger partial charge in [-0.1, -0.05) is 6.07 Å². The molecule has 24 heavy (non-hydrogen) atoms. The standard InChI is InChI=1S/C18H31N3O2.HI/c1-7-19-17(21-18(2,3)4)20-12-8-9-14-10-11-15(22-5)16(13-14)23-6;/h10-11,13H,7-9,12H2,1-6H3,(H2,19,20,21);1H. The summed E-state index contributed by atoms with van der Waals surface area (Å²) in [6.45, 7) is 10.1. The first-order valence-corrected chi connectivity index (χ1v) is 8.17. The number of hydrogen-bond donors (Lipinski definition) is 2. The van der Waals surface area contributed by atoms with Crippen LogP contribution in [0.15, 0.2) is 23.2 Å². The van der Waals surface area contributed by atoms with Crippen molar-refractivity contribution in [2.75, 3.05) is 27.3 Å². The molecule has 0 heterocycles. The van der Waals surface area contributed by atoms with Crippen molar-refractivity contribution in [2.24, 2.45) is 4.99 Å². The topological polar surface area (TPSA) is 54.9 Å². The Morgan fingerprint density at radius 3 is 2.33 bits per heavy atom. The van der Waals surface area contributed by atoms with Crippen molar-refractivity contribution >= 4 is 29.9 Å². The van der Waals surface area contributed by atoms with Gasteiger partial charge in [0.1, 0.15) is 0 Å². The van der Waals surface area contributed by atoms with Crippen LogP contribution in [-0.2, 0) is 6.42 Å². The number of benzene rings is 1. The third-order valence-corrected chi connectivity index (χ3v) is 3.18. The number of methoxy groups -OCH3 is 2.